The summed E-state index contributed by atoms with van der Waals surface area (Å²) in [4.78, 5) is 25.3. The van der Waals surface area contributed by atoms with Crippen LogP contribution in [0.1, 0.15) is 0 Å². The fraction of sp³-hybridized carbons (Fsp3) is 0.375. The molecule has 12 heteroatoms. The lowest BCUT2D eigenvalue weighted by atomic mass is 10.2. The normalized spacial score (nSPS) is 18.1. The number of nitrogens with zero attached hydrogens (tertiary/aromatic N) is 4. The van der Waals surface area contributed by atoms with Crippen LogP contribution in [-0.4, -0.2) is 52.4 Å². The van der Waals surface area contributed by atoms with Crippen molar-refractivity contribution >= 4 is 40.8 Å². The number of anilines is 1. The third-order valence-corrected chi connectivity index (χ3v) is 7.30. The molecular formula is C16H16ClFN4O4S2. The first kappa shape index (κ1) is 20.7. The summed E-state index contributed by atoms with van der Waals surface area (Å²) in [7, 11) is 0. The Kier molecular flexibility index (Phi) is 6.68. The first-order chi connectivity index (χ1) is 13.4. The van der Waals surface area contributed by atoms with E-state index in [1.165, 1.54) is 35.7 Å². The molecule has 1 aromatic rings. The molecule has 2 saturated heterocycles. The molecular weight excluding hydrogens is 431 g/mol. The van der Waals surface area contributed by atoms with Gasteiger partial charge in [0.25, 0.3) is 0 Å². The summed E-state index contributed by atoms with van der Waals surface area (Å²) in [5.41, 5.74) is 0.374. The highest BCUT2D eigenvalue weighted by Gasteiger charge is 2.38. The molecule has 0 unspecified atom stereocenters. The molecule has 2 aliphatic heterocycles. The molecule has 0 saturated carbocycles. The monoisotopic (exact) mass is 446 g/mol. The summed E-state index contributed by atoms with van der Waals surface area (Å²) in [5, 5.41) is 22.3. The number of hydrogen-bond donors (Lipinski definition) is 0. The SMILES string of the molecule is O=[N+]([O-])C(=C1SCCS1)/C(=C(\Cl)[N+](=O)[O-])N1CCN(c2ccc(F)cc2)CC1. The first-order valence-corrected chi connectivity index (χ1v) is 10.7. The highest BCUT2D eigenvalue weighted by molar-refractivity contribution is 8.25. The Morgan fingerprint density at radius 3 is 2.07 bits per heavy atom. The van der Waals surface area contributed by atoms with Crippen molar-refractivity contribution in [3.63, 3.8) is 0 Å². The predicted molar refractivity (Wildman–Crippen MR) is 109 cm³/mol. The van der Waals surface area contributed by atoms with Crippen LogP contribution in [0.2, 0.25) is 0 Å². The van der Waals surface area contributed by atoms with Gasteiger partial charge in [-0.25, -0.2) is 4.39 Å². The second kappa shape index (κ2) is 9.01. The molecule has 0 N–H and O–H groups in total. The number of benzene rings is 1. The zero-order chi connectivity index (χ0) is 20.3. The van der Waals surface area contributed by atoms with Crippen LogP contribution in [0, 0.1) is 26.0 Å². The van der Waals surface area contributed by atoms with Crippen LogP contribution in [0.5, 0.6) is 0 Å². The zero-order valence-electron chi connectivity index (χ0n) is 14.5. The quantitative estimate of drug-likeness (QED) is 0.385. The molecule has 0 atom stereocenters. The van der Waals surface area contributed by atoms with Gasteiger partial charge in [0.2, 0.25) is 5.70 Å². The fourth-order valence-electron chi connectivity index (χ4n) is 3.01. The van der Waals surface area contributed by atoms with Crippen molar-refractivity contribution in [2.45, 2.75) is 0 Å². The summed E-state index contributed by atoms with van der Waals surface area (Å²) >= 11 is 8.55. The van der Waals surface area contributed by atoms with E-state index < -0.39 is 15.0 Å². The van der Waals surface area contributed by atoms with Gasteiger partial charge in [0, 0.05) is 43.4 Å². The molecule has 0 spiro atoms. The minimum absolute atomic E-state index is 0.146. The van der Waals surface area contributed by atoms with Crippen LogP contribution in [0.3, 0.4) is 0 Å². The fourth-order valence-corrected chi connectivity index (χ4v) is 5.71. The third kappa shape index (κ3) is 4.53. The Morgan fingerprint density at radius 2 is 1.57 bits per heavy atom. The van der Waals surface area contributed by atoms with Gasteiger partial charge in [0.15, 0.2) is 0 Å². The van der Waals surface area contributed by atoms with Gasteiger partial charge in [-0.3, -0.25) is 20.2 Å². The van der Waals surface area contributed by atoms with E-state index in [1.54, 1.807) is 17.0 Å². The summed E-state index contributed by atoms with van der Waals surface area (Å²) in [5.74, 6) is 1.08. The second-order valence-corrected chi connectivity index (χ2v) is 8.76. The van der Waals surface area contributed by atoms with E-state index in [0.29, 0.717) is 41.9 Å². The Bertz CT molecular complexity index is 834. The van der Waals surface area contributed by atoms with Crippen molar-refractivity contribution in [3.05, 3.63) is 71.1 Å². The molecule has 3 rings (SSSR count). The van der Waals surface area contributed by atoms with Gasteiger partial charge in [0.1, 0.15) is 10.1 Å². The van der Waals surface area contributed by atoms with E-state index in [0.717, 1.165) is 5.69 Å². The Hall–Kier alpha value is -1.98. The van der Waals surface area contributed by atoms with E-state index in [2.05, 4.69) is 0 Å². The van der Waals surface area contributed by atoms with E-state index in [1.807, 2.05) is 4.90 Å². The van der Waals surface area contributed by atoms with Gasteiger partial charge < -0.3 is 9.80 Å². The van der Waals surface area contributed by atoms with Crippen molar-refractivity contribution < 1.29 is 14.2 Å². The third-order valence-electron chi connectivity index (χ3n) is 4.29. The minimum atomic E-state index is -0.794. The van der Waals surface area contributed by atoms with Gasteiger partial charge in [-0.15, -0.1) is 23.5 Å². The van der Waals surface area contributed by atoms with Crippen LogP contribution in [0.4, 0.5) is 10.1 Å². The molecule has 2 heterocycles. The molecule has 0 amide bonds. The van der Waals surface area contributed by atoms with Gasteiger partial charge in [0.05, 0.1) is 9.85 Å². The van der Waals surface area contributed by atoms with E-state index in [4.69, 9.17) is 11.6 Å². The molecule has 2 fully saturated rings. The number of halogens is 2. The summed E-state index contributed by atoms with van der Waals surface area (Å²) in [6.07, 6.45) is 0. The highest BCUT2D eigenvalue weighted by atomic mass is 35.5. The molecule has 0 radical (unpaired) electrons. The van der Waals surface area contributed by atoms with Crippen molar-refractivity contribution in [3.8, 4) is 0 Å². The average Bonchev–Trinajstić information content (AvgIpc) is 3.20. The molecule has 0 bridgehead atoms. The second-order valence-electron chi connectivity index (χ2n) is 5.94. The molecule has 0 aromatic heterocycles. The number of thioether (sulfide) groups is 2. The molecule has 0 aliphatic carbocycles. The lowest BCUT2D eigenvalue weighted by Gasteiger charge is -2.37. The Balaban J connectivity index is 1.88. The molecule has 1 aromatic carbocycles. The Labute approximate surface area is 173 Å². The van der Waals surface area contributed by atoms with E-state index >= 15 is 0 Å². The maximum absolute atomic E-state index is 13.1. The number of hydrogen-bond acceptors (Lipinski definition) is 8. The summed E-state index contributed by atoms with van der Waals surface area (Å²) < 4.78 is 13.6. The summed E-state index contributed by atoms with van der Waals surface area (Å²) in [6.45, 7) is 1.57. The largest absolute Gasteiger partial charge is 0.368 e. The number of rotatable bonds is 5. The van der Waals surface area contributed by atoms with Crippen LogP contribution in [-0.2, 0) is 0 Å². The maximum atomic E-state index is 13.1. The first-order valence-electron chi connectivity index (χ1n) is 8.32. The van der Waals surface area contributed by atoms with Gasteiger partial charge in [-0.2, -0.15) is 0 Å². The zero-order valence-corrected chi connectivity index (χ0v) is 16.9. The Morgan fingerprint density at radius 1 is 1.00 bits per heavy atom. The smallest absolute Gasteiger partial charge is 0.367 e. The van der Waals surface area contributed by atoms with Crippen LogP contribution < -0.4 is 4.90 Å². The minimum Gasteiger partial charge on any atom is -0.368 e. The molecule has 28 heavy (non-hydrogen) atoms. The van der Waals surface area contributed by atoms with Crippen LogP contribution >= 0.6 is 35.1 Å². The van der Waals surface area contributed by atoms with Gasteiger partial charge in [-0.05, 0) is 35.9 Å². The van der Waals surface area contributed by atoms with Crippen molar-refractivity contribution in [2.24, 2.45) is 0 Å². The van der Waals surface area contributed by atoms with Crippen LogP contribution in [0.25, 0.3) is 0 Å². The topological polar surface area (TPSA) is 92.8 Å². The lowest BCUT2D eigenvalue weighted by molar-refractivity contribution is -0.432. The predicted octanol–water partition coefficient (Wildman–Crippen LogP) is 3.56. The van der Waals surface area contributed by atoms with Crippen molar-refractivity contribution in [1.29, 1.82) is 0 Å². The lowest BCUT2D eigenvalue weighted by Crippen LogP contribution is -2.47. The standard InChI is InChI=1S/C16H16ClFN4O4S2/c17-15(22(25)26)13(14(21(23)24)16-27-9-10-28-16)20-7-5-19(6-8-20)12-3-1-11(18)2-4-12/h1-4H,5-10H2/b15-13-. The van der Waals surface area contributed by atoms with Crippen molar-refractivity contribution in [1.82, 2.24) is 4.90 Å². The molecule has 8 nitrogen and oxygen atoms in total. The summed E-state index contributed by atoms with van der Waals surface area (Å²) in [6, 6.07) is 6.03. The van der Waals surface area contributed by atoms with Crippen LogP contribution in [0.15, 0.2) is 45.1 Å². The highest BCUT2D eigenvalue weighted by Crippen LogP contribution is 2.42. The van der Waals surface area contributed by atoms with Gasteiger partial charge in [-0.1, -0.05) is 0 Å². The average molecular weight is 447 g/mol. The van der Waals surface area contributed by atoms with Gasteiger partial charge >= 0.3 is 10.9 Å². The number of nitro groups is 2. The maximum Gasteiger partial charge on any atom is 0.367 e. The van der Waals surface area contributed by atoms with E-state index in [-0.39, 0.29) is 17.2 Å². The van der Waals surface area contributed by atoms with Crippen molar-refractivity contribution in [2.75, 3.05) is 42.6 Å². The molecule has 2 aliphatic rings. The van der Waals surface area contributed by atoms with E-state index in [9.17, 15) is 24.6 Å². The molecule has 150 valence electrons. The number of piperazine rings is 1.